The average molecular weight is 308 g/mol. The summed E-state index contributed by atoms with van der Waals surface area (Å²) in [7, 11) is 0. The predicted molar refractivity (Wildman–Crippen MR) is 86.4 cm³/mol. The van der Waals surface area contributed by atoms with Gasteiger partial charge in [-0.05, 0) is 62.2 Å². The van der Waals surface area contributed by atoms with Crippen LogP contribution in [-0.4, -0.2) is 24.3 Å². The Morgan fingerprint density at radius 3 is 2.32 bits per heavy atom. The van der Waals surface area contributed by atoms with Crippen LogP contribution in [0.3, 0.4) is 0 Å². The van der Waals surface area contributed by atoms with Gasteiger partial charge >= 0.3 is 5.97 Å². The van der Waals surface area contributed by atoms with Crippen LogP contribution in [0.1, 0.15) is 66.2 Å². The minimum Gasteiger partial charge on any atom is -0.459 e. The van der Waals surface area contributed by atoms with Crippen LogP contribution in [0.2, 0.25) is 0 Å². The van der Waals surface area contributed by atoms with E-state index in [0.29, 0.717) is 11.8 Å². The first kappa shape index (κ1) is 16.3. The topological polar surface area (TPSA) is 35.5 Å². The van der Waals surface area contributed by atoms with Crippen molar-refractivity contribution in [3.05, 3.63) is 0 Å². The largest absolute Gasteiger partial charge is 0.459 e. The van der Waals surface area contributed by atoms with Crippen molar-refractivity contribution in [3.63, 3.8) is 0 Å². The van der Waals surface area contributed by atoms with Gasteiger partial charge in [0.15, 0.2) is 0 Å². The molecule has 4 unspecified atom stereocenters. The van der Waals surface area contributed by atoms with Gasteiger partial charge in [0.1, 0.15) is 11.7 Å². The van der Waals surface area contributed by atoms with E-state index in [1.165, 1.54) is 19.3 Å². The molecule has 3 nitrogen and oxygen atoms in total. The van der Waals surface area contributed by atoms with Gasteiger partial charge in [-0.15, -0.1) is 0 Å². The fourth-order valence-corrected chi connectivity index (χ4v) is 5.06. The highest BCUT2D eigenvalue weighted by molar-refractivity contribution is 5.72. The van der Waals surface area contributed by atoms with Crippen molar-refractivity contribution in [3.8, 4) is 0 Å². The SMILES string of the molecule is CCC(C)C(=O)OC1C2CC3CC(C2)CC1(OCC(C)C)C3. The molecule has 4 bridgehead atoms. The second-order valence-corrected chi connectivity index (χ2v) is 8.54. The molecule has 0 radical (unpaired) electrons. The van der Waals surface area contributed by atoms with Gasteiger partial charge in [0.2, 0.25) is 0 Å². The van der Waals surface area contributed by atoms with Gasteiger partial charge in [-0.1, -0.05) is 27.7 Å². The van der Waals surface area contributed by atoms with Gasteiger partial charge in [0.25, 0.3) is 0 Å². The zero-order valence-corrected chi connectivity index (χ0v) is 14.6. The lowest BCUT2D eigenvalue weighted by molar-refractivity contribution is -0.245. The molecule has 4 aliphatic carbocycles. The summed E-state index contributed by atoms with van der Waals surface area (Å²) < 4.78 is 12.5. The molecule has 4 saturated carbocycles. The third-order valence-electron chi connectivity index (χ3n) is 6.12. The zero-order valence-electron chi connectivity index (χ0n) is 14.6. The Morgan fingerprint density at radius 1 is 1.14 bits per heavy atom. The van der Waals surface area contributed by atoms with Crippen LogP contribution in [-0.2, 0) is 14.3 Å². The molecule has 0 spiro atoms. The molecule has 0 aliphatic heterocycles. The van der Waals surface area contributed by atoms with Crippen molar-refractivity contribution < 1.29 is 14.3 Å². The lowest BCUT2D eigenvalue weighted by Gasteiger charge is -2.59. The standard InChI is InChI=1S/C19H32O3/c1-5-13(4)18(20)22-17-16-7-14-6-15(8-16)10-19(17,9-14)21-11-12(2)3/h12-17H,5-11H2,1-4H3. The van der Waals surface area contributed by atoms with E-state index in [2.05, 4.69) is 13.8 Å². The number of hydrogen-bond donors (Lipinski definition) is 0. The third kappa shape index (κ3) is 2.93. The molecule has 0 saturated heterocycles. The summed E-state index contributed by atoms with van der Waals surface area (Å²) in [4.78, 5) is 12.4. The summed E-state index contributed by atoms with van der Waals surface area (Å²) in [6.07, 6.45) is 6.90. The monoisotopic (exact) mass is 308 g/mol. The van der Waals surface area contributed by atoms with Gasteiger partial charge in [0, 0.05) is 6.61 Å². The maximum absolute atomic E-state index is 12.4. The van der Waals surface area contributed by atoms with Crippen LogP contribution in [0.5, 0.6) is 0 Å². The Labute approximate surface area is 135 Å². The van der Waals surface area contributed by atoms with Gasteiger partial charge in [-0.3, -0.25) is 4.79 Å². The van der Waals surface area contributed by atoms with Crippen molar-refractivity contribution in [2.24, 2.45) is 29.6 Å². The smallest absolute Gasteiger partial charge is 0.309 e. The van der Waals surface area contributed by atoms with Crippen LogP contribution >= 0.6 is 0 Å². The molecule has 4 aliphatic rings. The fraction of sp³-hybridized carbons (Fsp3) is 0.947. The zero-order chi connectivity index (χ0) is 15.9. The van der Waals surface area contributed by atoms with Crippen molar-refractivity contribution in [1.29, 1.82) is 0 Å². The van der Waals surface area contributed by atoms with E-state index in [-0.39, 0.29) is 23.6 Å². The average Bonchev–Trinajstić information content (AvgIpc) is 2.47. The first-order valence-corrected chi connectivity index (χ1v) is 9.28. The van der Waals surface area contributed by atoms with Gasteiger partial charge in [-0.2, -0.15) is 0 Å². The summed E-state index contributed by atoms with van der Waals surface area (Å²) >= 11 is 0. The highest BCUT2D eigenvalue weighted by Gasteiger charge is 2.59. The lowest BCUT2D eigenvalue weighted by atomic mass is 9.52. The molecular weight excluding hydrogens is 276 g/mol. The Hall–Kier alpha value is -0.570. The maximum Gasteiger partial charge on any atom is 0.309 e. The van der Waals surface area contributed by atoms with E-state index in [1.54, 1.807) is 0 Å². The van der Waals surface area contributed by atoms with Crippen molar-refractivity contribution in [1.82, 2.24) is 0 Å². The van der Waals surface area contributed by atoms with E-state index in [1.807, 2.05) is 13.8 Å². The number of hydrogen-bond acceptors (Lipinski definition) is 3. The van der Waals surface area contributed by atoms with Crippen LogP contribution in [0.15, 0.2) is 0 Å². The molecule has 4 rings (SSSR count). The molecule has 22 heavy (non-hydrogen) atoms. The molecule has 0 amide bonds. The van der Waals surface area contributed by atoms with Crippen molar-refractivity contribution in [2.75, 3.05) is 6.61 Å². The number of esters is 1. The van der Waals surface area contributed by atoms with Crippen molar-refractivity contribution >= 4 is 5.97 Å². The van der Waals surface area contributed by atoms with Crippen LogP contribution < -0.4 is 0 Å². The minimum absolute atomic E-state index is 0.000509. The lowest BCUT2D eigenvalue weighted by Crippen LogP contribution is -2.63. The summed E-state index contributed by atoms with van der Waals surface area (Å²) in [5, 5.41) is 0. The fourth-order valence-electron chi connectivity index (χ4n) is 5.06. The number of carbonyl (C=O) groups excluding carboxylic acids is 1. The van der Waals surface area contributed by atoms with Gasteiger partial charge in [-0.25, -0.2) is 0 Å². The van der Waals surface area contributed by atoms with Gasteiger partial charge in [0.05, 0.1) is 5.92 Å². The summed E-state index contributed by atoms with van der Waals surface area (Å²) in [6.45, 7) is 9.19. The quantitative estimate of drug-likeness (QED) is 0.690. The number of ether oxygens (including phenoxy) is 2. The number of carbonyl (C=O) groups is 1. The van der Waals surface area contributed by atoms with E-state index in [4.69, 9.17) is 9.47 Å². The third-order valence-corrected chi connectivity index (χ3v) is 6.12. The second-order valence-electron chi connectivity index (χ2n) is 8.54. The molecule has 0 heterocycles. The summed E-state index contributed by atoms with van der Waals surface area (Å²) in [5.74, 6) is 2.63. The molecule has 4 atom stereocenters. The molecule has 0 N–H and O–H groups in total. The minimum atomic E-state index is -0.178. The molecule has 4 fully saturated rings. The molecule has 0 aromatic carbocycles. The van der Waals surface area contributed by atoms with Crippen LogP contribution in [0.4, 0.5) is 0 Å². The van der Waals surface area contributed by atoms with E-state index in [9.17, 15) is 4.79 Å². The van der Waals surface area contributed by atoms with Crippen molar-refractivity contribution in [2.45, 2.75) is 77.9 Å². The second kappa shape index (κ2) is 6.14. The molecule has 0 aromatic heterocycles. The Morgan fingerprint density at radius 2 is 1.77 bits per heavy atom. The Bertz CT molecular complexity index is 403. The highest BCUT2D eigenvalue weighted by Crippen LogP contribution is 2.58. The molecule has 3 heteroatoms. The Kier molecular flexibility index (Phi) is 4.55. The first-order chi connectivity index (χ1) is 10.4. The van der Waals surface area contributed by atoms with E-state index < -0.39 is 0 Å². The van der Waals surface area contributed by atoms with Crippen LogP contribution in [0.25, 0.3) is 0 Å². The predicted octanol–water partition coefficient (Wildman–Crippen LogP) is 4.20. The maximum atomic E-state index is 12.4. The molecule has 126 valence electrons. The summed E-state index contributed by atoms with van der Waals surface area (Å²) in [6, 6.07) is 0. The Balaban J connectivity index is 1.77. The molecule has 0 aromatic rings. The molecular formula is C19H32O3. The van der Waals surface area contributed by atoms with Gasteiger partial charge < -0.3 is 9.47 Å². The highest BCUT2D eigenvalue weighted by atomic mass is 16.6. The number of rotatable bonds is 6. The first-order valence-electron chi connectivity index (χ1n) is 9.28. The van der Waals surface area contributed by atoms with Crippen LogP contribution in [0, 0.1) is 29.6 Å². The summed E-state index contributed by atoms with van der Waals surface area (Å²) in [5.41, 5.74) is -0.178. The normalized spacial score (nSPS) is 41.0. The van der Waals surface area contributed by atoms with E-state index >= 15 is 0 Å². The van der Waals surface area contributed by atoms with E-state index in [0.717, 1.165) is 37.7 Å².